The van der Waals surface area contributed by atoms with Crippen LogP contribution in [-0.4, -0.2) is 34.5 Å². The van der Waals surface area contributed by atoms with Crippen molar-refractivity contribution in [3.63, 3.8) is 0 Å². The molecule has 2 aliphatic rings. The third kappa shape index (κ3) is 2.88. The fraction of sp³-hybridized carbons (Fsp3) is 0.583. The Morgan fingerprint density at radius 1 is 1.37 bits per heavy atom. The summed E-state index contributed by atoms with van der Waals surface area (Å²) in [6.07, 6.45) is 3.81. The number of rotatable bonds is 2. The maximum atomic E-state index is 12.1. The molecule has 0 spiro atoms. The highest BCUT2D eigenvalue weighted by Gasteiger charge is 2.38. The van der Waals surface area contributed by atoms with Crippen molar-refractivity contribution in [1.29, 1.82) is 0 Å². The van der Waals surface area contributed by atoms with Crippen molar-refractivity contribution < 1.29 is 22.0 Å². The van der Waals surface area contributed by atoms with Gasteiger partial charge >= 0.3 is 0 Å². The molecule has 0 amide bonds. The summed E-state index contributed by atoms with van der Waals surface area (Å²) < 4.78 is 43.1. The standard InChI is InChI=1S/C12H16O5S2/c1-7-3-10(19(15,16)17)5-8-4-9(18(2)14)6-11(13)12(7)8/h3,8-9H,4-6H2,1-2H3,(H,15,16,17). The van der Waals surface area contributed by atoms with Crippen LogP contribution in [0.15, 0.2) is 22.1 Å². The van der Waals surface area contributed by atoms with E-state index in [-0.39, 0.29) is 34.7 Å². The van der Waals surface area contributed by atoms with Crippen LogP contribution >= 0.6 is 0 Å². The number of hydrogen-bond donors (Lipinski definition) is 1. The molecule has 0 heterocycles. The van der Waals surface area contributed by atoms with Gasteiger partial charge in [-0.15, -0.1) is 0 Å². The molecular formula is C12H16O5S2. The predicted octanol–water partition coefficient (Wildman–Crippen LogP) is 1.20. The summed E-state index contributed by atoms with van der Waals surface area (Å²) in [6, 6.07) is 0. The molecule has 0 radical (unpaired) electrons. The van der Waals surface area contributed by atoms with Gasteiger partial charge in [0.1, 0.15) is 0 Å². The first-order valence-corrected chi connectivity index (χ1v) is 9.00. The van der Waals surface area contributed by atoms with E-state index < -0.39 is 20.9 Å². The molecule has 2 aliphatic carbocycles. The second-order valence-corrected chi connectivity index (χ2v) is 8.21. The van der Waals surface area contributed by atoms with E-state index in [1.807, 2.05) is 0 Å². The maximum absolute atomic E-state index is 12.1. The van der Waals surface area contributed by atoms with Crippen molar-refractivity contribution in [1.82, 2.24) is 0 Å². The molecule has 0 aliphatic heterocycles. The molecule has 19 heavy (non-hydrogen) atoms. The molecule has 0 aromatic heterocycles. The van der Waals surface area contributed by atoms with Gasteiger partial charge in [-0.3, -0.25) is 13.6 Å². The molecule has 7 heteroatoms. The van der Waals surface area contributed by atoms with E-state index in [1.165, 1.54) is 6.08 Å². The smallest absolute Gasteiger partial charge is 0.290 e. The second-order valence-electron chi connectivity index (χ2n) is 5.07. The number of allylic oxidation sites excluding steroid dienone is 4. The molecule has 0 bridgehead atoms. The van der Waals surface area contributed by atoms with Crippen molar-refractivity contribution in [3.8, 4) is 0 Å². The molecule has 0 aromatic carbocycles. The summed E-state index contributed by atoms with van der Waals surface area (Å²) in [7, 11) is -5.33. The molecule has 3 atom stereocenters. The van der Waals surface area contributed by atoms with E-state index in [2.05, 4.69) is 0 Å². The van der Waals surface area contributed by atoms with E-state index in [1.54, 1.807) is 13.2 Å². The Labute approximate surface area is 115 Å². The van der Waals surface area contributed by atoms with Crippen molar-refractivity contribution in [2.45, 2.75) is 31.4 Å². The predicted molar refractivity (Wildman–Crippen MR) is 72.5 cm³/mol. The molecular weight excluding hydrogens is 288 g/mol. The Morgan fingerprint density at radius 2 is 2.00 bits per heavy atom. The molecule has 106 valence electrons. The van der Waals surface area contributed by atoms with E-state index in [4.69, 9.17) is 4.55 Å². The first-order valence-electron chi connectivity index (χ1n) is 5.94. The Bertz CT molecular complexity index is 612. The summed E-state index contributed by atoms with van der Waals surface area (Å²) in [5.74, 6) is -0.309. The van der Waals surface area contributed by atoms with E-state index in [9.17, 15) is 17.4 Å². The fourth-order valence-electron chi connectivity index (χ4n) is 2.84. The summed E-state index contributed by atoms with van der Waals surface area (Å²) in [5.41, 5.74) is 1.23. The number of carbonyl (C=O) groups is 1. The van der Waals surface area contributed by atoms with Crippen molar-refractivity contribution >= 4 is 26.7 Å². The molecule has 3 unspecified atom stereocenters. The van der Waals surface area contributed by atoms with Gasteiger partial charge in [0.05, 0.1) is 4.91 Å². The molecule has 5 nitrogen and oxygen atoms in total. The summed E-state index contributed by atoms with van der Waals surface area (Å²) in [6.45, 7) is 1.67. The van der Waals surface area contributed by atoms with Crippen LogP contribution in [0, 0.1) is 5.92 Å². The molecule has 2 rings (SSSR count). The number of carbonyl (C=O) groups excluding carboxylic acids is 1. The molecule has 1 saturated carbocycles. The highest BCUT2D eigenvalue weighted by Crippen LogP contribution is 2.40. The van der Waals surface area contributed by atoms with Crippen LogP contribution in [0.25, 0.3) is 0 Å². The van der Waals surface area contributed by atoms with Crippen LogP contribution < -0.4 is 0 Å². The van der Waals surface area contributed by atoms with Gasteiger partial charge in [-0.1, -0.05) is 0 Å². The minimum Gasteiger partial charge on any atom is -0.294 e. The van der Waals surface area contributed by atoms with Gasteiger partial charge in [0.2, 0.25) is 0 Å². The average Bonchev–Trinajstić information content (AvgIpc) is 2.26. The lowest BCUT2D eigenvalue weighted by Gasteiger charge is -2.33. The Kier molecular flexibility index (Phi) is 3.81. The lowest BCUT2D eigenvalue weighted by atomic mass is 9.76. The summed E-state index contributed by atoms with van der Waals surface area (Å²) >= 11 is 0. The number of hydrogen-bond acceptors (Lipinski definition) is 4. The SMILES string of the molecule is CC1=C2C(=O)CC(S(C)=O)CC2CC(S(=O)(=O)O)=C1. The summed E-state index contributed by atoms with van der Waals surface area (Å²) in [5, 5.41) is -0.227. The number of fused-ring (bicyclic) bond motifs is 1. The van der Waals surface area contributed by atoms with Crippen molar-refractivity contribution in [2.75, 3.05) is 6.26 Å². The zero-order valence-corrected chi connectivity index (χ0v) is 12.4. The van der Waals surface area contributed by atoms with Gasteiger partial charge in [-0.05, 0) is 37.3 Å². The zero-order valence-electron chi connectivity index (χ0n) is 10.8. The van der Waals surface area contributed by atoms with Crippen molar-refractivity contribution in [2.24, 2.45) is 5.92 Å². The summed E-state index contributed by atoms with van der Waals surface area (Å²) in [4.78, 5) is 12.0. The van der Waals surface area contributed by atoms with Gasteiger partial charge in [0, 0.05) is 34.3 Å². The zero-order chi connectivity index (χ0) is 14.4. The average molecular weight is 304 g/mol. The van der Waals surface area contributed by atoms with Crippen LogP contribution in [-0.2, 0) is 25.7 Å². The highest BCUT2D eigenvalue weighted by atomic mass is 32.2. The lowest BCUT2D eigenvalue weighted by molar-refractivity contribution is -0.117. The minimum absolute atomic E-state index is 0.0559. The molecule has 0 saturated heterocycles. The number of ketones is 1. The van der Waals surface area contributed by atoms with Gasteiger partial charge in [0.25, 0.3) is 10.1 Å². The first kappa shape index (κ1) is 14.6. The van der Waals surface area contributed by atoms with Crippen molar-refractivity contribution in [3.05, 3.63) is 22.1 Å². The Morgan fingerprint density at radius 3 is 2.53 bits per heavy atom. The van der Waals surface area contributed by atoms with E-state index in [0.717, 1.165) is 0 Å². The van der Waals surface area contributed by atoms with Gasteiger partial charge in [-0.2, -0.15) is 8.42 Å². The van der Waals surface area contributed by atoms with E-state index in [0.29, 0.717) is 17.6 Å². The second kappa shape index (κ2) is 4.96. The third-order valence-corrected chi connectivity index (χ3v) is 5.96. The fourth-order valence-corrected chi connectivity index (χ4v) is 4.47. The normalized spacial score (nSPS) is 29.8. The van der Waals surface area contributed by atoms with Crippen LogP contribution in [0.2, 0.25) is 0 Å². The van der Waals surface area contributed by atoms with Crippen LogP contribution in [0.4, 0.5) is 0 Å². The van der Waals surface area contributed by atoms with E-state index >= 15 is 0 Å². The molecule has 0 aromatic rings. The van der Waals surface area contributed by atoms with Gasteiger partial charge in [-0.25, -0.2) is 0 Å². The molecule has 1 N–H and O–H groups in total. The van der Waals surface area contributed by atoms with Crippen LogP contribution in [0.1, 0.15) is 26.2 Å². The Balaban J connectivity index is 2.41. The van der Waals surface area contributed by atoms with Crippen LogP contribution in [0.3, 0.4) is 0 Å². The third-order valence-electron chi connectivity index (χ3n) is 3.72. The minimum atomic E-state index is -4.22. The molecule has 1 fully saturated rings. The van der Waals surface area contributed by atoms with Crippen LogP contribution in [0.5, 0.6) is 0 Å². The topological polar surface area (TPSA) is 88.5 Å². The quantitative estimate of drug-likeness (QED) is 0.775. The lowest BCUT2D eigenvalue weighted by Crippen LogP contribution is -2.34. The van der Waals surface area contributed by atoms with Gasteiger partial charge in [0.15, 0.2) is 5.78 Å². The monoisotopic (exact) mass is 304 g/mol. The van der Waals surface area contributed by atoms with Gasteiger partial charge < -0.3 is 0 Å². The highest BCUT2D eigenvalue weighted by molar-refractivity contribution is 7.89. The number of Topliss-reactive ketones (excluding diaryl/α,β-unsaturated/α-hetero) is 1. The Hall–Kier alpha value is -0.790. The largest absolute Gasteiger partial charge is 0.294 e. The maximum Gasteiger partial charge on any atom is 0.290 e. The first-order chi connectivity index (χ1) is 8.70.